The van der Waals surface area contributed by atoms with Gasteiger partial charge in [0.2, 0.25) is 0 Å². The van der Waals surface area contributed by atoms with Crippen LogP contribution in [-0.4, -0.2) is 9.38 Å². The van der Waals surface area contributed by atoms with Gasteiger partial charge >= 0.3 is 0 Å². The predicted molar refractivity (Wildman–Crippen MR) is 83.0 cm³/mol. The summed E-state index contributed by atoms with van der Waals surface area (Å²) >= 11 is 6.23. The van der Waals surface area contributed by atoms with E-state index in [-0.39, 0.29) is 0 Å². The highest BCUT2D eigenvalue weighted by atomic mass is 35.5. The fourth-order valence-corrected chi connectivity index (χ4v) is 2.69. The van der Waals surface area contributed by atoms with E-state index in [0.29, 0.717) is 11.6 Å². The third kappa shape index (κ3) is 1.99. The second-order valence-corrected chi connectivity index (χ2v) is 5.39. The molecule has 2 heterocycles. The lowest BCUT2D eigenvalue weighted by atomic mass is 10.0. The summed E-state index contributed by atoms with van der Waals surface area (Å²) in [6, 6.07) is 10.1. The Balaban J connectivity index is 2.36. The zero-order valence-electron chi connectivity index (χ0n) is 11.5. The molecular weight excluding hydrogens is 270 g/mol. The molecule has 0 spiro atoms. The second kappa shape index (κ2) is 4.93. The summed E-state index contributed by atoms with van der Waals surface area (Å²) in [5, 5.41) is 0.638. The first-order valence-electron chi connectivity index (χ1n) is 6.55. The van der Waals surface area contributed by atoms with E-state index in [1.54, 1.807) is 0 Å². The van der Waals surface area contributed by atoms with Crippen LogP contribution in [0, 0.1) is 13.8 Å². The van der Waals surface area contributed by atoms with Crippen molar-refractivity contribution in [1.29, 1.82) is 0 Å². The van der Waals surface area contributed by atoms with Crippen molar-refractivity contribution in [3.63, 3.8) is 0 Å². The molecule has 0 unspecified atom stereocenters. The Labute approximate surface area is 123 Å². The number of hydrogen-bond donors (Lipinski definition) is 1. The summed E-state index contributed by atoms with van der Waals surface area (Å²) in [7, 11) is 0. The number of aromatic nitrogens is 2. The number of nitrogens with two attached hydrogens (primary N) is 1. The Morgan fingerprint density at radius 3 is 2.80 bits per heavy atom. The Bertz CT molecular complexity index is 790. The maximum Gasteiger partial charge on any atom is 0.156 e. The van der Waals surface area contributed by atoms with E-state index in [0.717, 1.165) is 22.6 Å². The highest BCUT2D eigenvalue weighted by Crippen LogP contribution is 2.30. The predicted octanol–water partition coefficient (Wildman–Crippen LogP) is 3.73. The molecule has 0 bridgehead atoms. The number of fused-ring (bicyclic) bond motifs is 1. The number of benzene rings is 1. The topological polar surface area (TPSA) is 43.3 Å². The summed E-state index contributed by atoms with van der Waals surface area (Å²) in [5.41, 5.74) is 12.1. The molecule has 0 fully saturated rings. The molecule has 1 aromatic carbocycles. The number of imidazole rings is 1. The van der Waals surface area contributed by atoms with Crippen molar-refractivity contribution in [2.24, 2.45) is 5.73 Å². The van der Waals surface area contributed by atoms with Gasteiger partial charge in [-0.3, -0.25) is 0 Å². The van der Waals surface area contributed by atoms with Gasteiger partial charge in [0.1, 0.15) is 0 Å². The Morgan fingerprint density at radius 1 is 1.25 bits per heavy atom. The highest BCUT2D eigenvalue weighted by Gasteiger charge is 2.16. The van der Waals surface area contributed by atoms with Gasteiger partial charge in [-0.15, -0.1) is 0 Å². The zero-order valence-corrected chi connectivity index (χ0v) is 12.3. The summed E-state index contributed by atoms with van der Waals surface area (Å²) in [6.45, 7) is 4.58. The minimum atomic E-state index is 0.421. The van der Waals surface area contributed by atoms with Crippen LogP contribution in [0.4, 0.5) is 0 Å². The third-order valence-corrected chi connectivity index (χ3v) is 3.84. The zero-order chi connectivity index (χ0) is 14.3. The number of nitrogens with zero attached hydrogens (tertiary/aromatic N) is 2. The summed E-state index contributed by atoms with van der Waals surface area (Å²) in [6.07, 6.45) is 1.95. The number of rotatable bonds is 2. The SMILES string of the molecule is Cc1ccc(C)c(-c2nc3c(Cl)cccn3c2CN)c1. The molecule has 0 aliphatic carbocycles. The first-order valence-corrected chi connectivity index (χ1v) is 6.92. The average Bonchev–Trinajstić information content (AvgIpc) is 2.81. The minimum absolute atomic E-state index is 0.421. The molecule has 4 heteroatoms. The molecule has 3 aromatic rings. The van der Waals surface area contributed by atoms with Crippen molar-refractivity contribution in [3.05, 3.63) is 58.4 Å². The molecule has 102 valence electrons. The monoisotopic (exact) mass is 285 g/mol. The molecule has 3 rings (SSSR count). The van der Waals surface area contributed by atoms with Gasteiger partial charge in [-0.25, -0.2) is 4.98 Å². The lowest BCUT2D eigenvalue weighted by molar-refractivity contribution is 0.961. The molecule has 0 saturated heterocycles. The number of halogens is 1. The molecule has 0 amide bonds. The molecule has 0 aliphatic heterocycles. The second-order valence-electron chi connectivity index (χ2n) is 4.98. The number of pyridine rings is 1. The number of aryl methyl sites for hydroxylation is 2. The average molecular weight is 286 g/mol. The molecule has 2 aromatic heterocycles. The standard InChI is InChI=1S/C16H16ClN3/c1-10-5-6-11(2)12(8-10)15-14(9-18)20-7-3-4-13(17)16(20)19-15/h3-8H,9,18H2,1-2H3. The summed E-state index contributed by atoms with van der Waals surface area (Å²) in [4.78, 5) is 4.71. The van der Waals surface area contributed by atoms with Gasteiger partial charge in [0.15, 0.2) is 5.65 Å². The highest BCUT2D eigenvalue weighted by molar-refractivity contribution is 6.33. The smallest absolute Gasteiger partial charge is 0.156 e. The molecular formula is C16H16ClN3. The van der Waals surface area contributed by atoms with Crippen LogP contribution in [-0.2, 0) is 6.54 Å². The van der Waals surface area contributed by atoms with E-state index in [2.05, 4.69) is 32.0 Å². The van der Waals surface area contributed by atoms with Crippen molar-refractivity contribution in [1.82, 2.24) is 9.38 Å². The molecule has 0 atom stereocenters. The molecule has 0 aliphatic rings. The first kappa shape index (κ1) is 13.2. The van der Waals surface area contributed by atoms with Crippen LogP contribution >= 0.6 is 11.6 Å². The van der Waals surface area contributed by atoms with Crippen LogP contribution < -0.4 is 5.73 Å². The van der Waals surface area contributed by atoms with Crippen molar-refractivity contribution in [2.45, 2.75) is 20.4 Å². The van der Waals surface area contributed by atoms with Gasteiger partial charge in [-0.1, -0.05) is 29.3 Å². The summed E-state index contributed by atoms with van der Waals surface area (Å²) in [5.74, 6) is 0. The fourth-order valence-electron chi connectivity index (χ4n) is 2.49. The number of hydrogen-bond acceptors (Lipinski definition) is 2. The van der Waals surface area contributed by atoms with Crippen LogP contribution in [0.3, 0.4) is 0 Å². The molecule has 2 N–H and O–H groups in total. The van der Waals surface area contributed by atoms with E-state index in [1.807, 2.05) is 22.7 Å². The molecule has 0 saturated carbocycles. The van der Waals surface area contributed by atoms with Crippen LogP contribution in [0.15, 0.2) is 36.5 Å². The van der Waals surface area contributed by atoms with Crippen molar-refractivity contribution < 1.29 is 0 Å². The Hall–Kier alpha value is -1.84. The van der Waals surface area contributed by atoms with Gasteiger partial charge in [-0.05, 0) is 37.6 Å². The third-order valence-electron chi connectivity index (χ3n) is 3.54. The van der Waals surface area contributed by atoms with Crippen molar-refractivity contribution in [2.75, 3.05) is 0 Å². The van der Waals surface area contributed by atoms with E-state index < -0.39 is 0 Å². The van der Waals surface area contributed by atoms with Gasteiger partial charge in [0.05, 0.1) is 16.4 Å². The van der Waals surface area contributed by atoms with E-state index in [4.69, 9.17) is 22.3 Å². The Kier molecular flexibility index (Phi) is 3.24. The molecule has 0 radical (unpaired) electrons. The normalized spacial score (nSPS) is 11.2. The lowest BCUT2D eigenvalue weighted by Crippen LogP contribution is -2.03. The Morgan fingerprint density at radius 2 is 2.05 bits per heavy atom. The maximum absolute atomic E-state index is 6.23. The largest absolute Gasteiger partial charge is 0.325 e. The van der Waals surface area contributed by atoms with Crippen LogP contribution in [0.1, 0.15) is 16.8 Å². The summed E-state index contributed by atoms with van der Waals surface area (Å²) < 4.78 is 1.97. The minimum Gasteiger partial charge on any atom is -0.325 e. The van der Waals surface area contributed by atoms with Gasteiger partial charge in [-0.2, -0.15) is 0 Å². The van der Waals surface area contributed by atoms with E-state index in [9.17, 15) is 0 Å². The fraction of sp³-hybridized carbons (Fsp3) is 0.188. The maximum atomic E-state index is 6.23. The van der Waals surface area contributed by atoms with E-state index in [1.165, 1.54) is 11.1 Å². The van der Waals surface area contributed by atoms with Crippen LogP contribution in [0.5, 0.6) is 0 Å². The van der Waals surface area contributed by atoms with Crippen LogP contribution in [0.2, 0.25) is 5.02 Å². The molecule has 3 nitrogen and oxygen atoms in total. The van der Waals surface area contributed by atoms with Crippen molar-refractivity contribution >= 4 is 17.2 Å². The molecule has 20 heavy (non-hydrogen) atoms. The van der Waals surface area contributed by atoms with Crippen molar-refractivity contribution in [3.8, 4) is 11.3 Å². The van der Waals surface area contributed by atoms with Gasteiger partial charge < -0.3 is 10.1 Å². The first-order chi connectivity index (χ1) is 9.61. The van der Waals surface area contributed by atoms with Gasteiger partial charge in [0, 0.05) is 18.3 Å². The van der Waals surface area contributed by atoms with Crippen LogP contribution in [0.25, 0.3) is 16.9 Å². The lowest BCUT2D eigenvalue weighted by Gasteiger charge is -2.07. The van der Waals surface area contributed by atoms with E-state index >= 15 is 0 Å². The van der Waals surface area contributed by atoms with Gasteiger partial charge in [0.25, 0.3) is 0 Å². The quantitative estimate of drug-likeness (QED) is 0.779.